The molecule has 0 rings (SSSR count). The third-order valence-electron chi connectivity index (χ3n) is 1.63. The van der Waals surface area contributed by atoms with Crippen molar-refractivity contribution in [2.45, 2.75) is 38.8 Å². The number of hydrogen-bond acceptors (Lipinski definition) is 3. The highest BCUT2D eigenvalue weighted by Gasteiger charge is 2.11. The second kappa shape index (κ2) is 5.51. The molecule has 3 heteroatoms. The van der Waals surface area contributed by atoms with Crippen molar-refractivity contribution in [2.75, 3.05) is 20.3 Å². The van der Waals surface area contributed by atoms with Gasteiger partial charge in [-0.15, -0.1) is 0 Å². The molecular formula is C9H21NO2. The summed E-state index contributed by atoms with van der Waals surface area (Å²) in [5.41, 5.74) is -0.0756. The van der Waals surface area contributed by atoms with Crippen molar-refractivity contribution in [3.05, 3.63) is 0 Å². The highest BCUT2D eigenvalue weighted by molar-refractivity contribution is 4.64. The van der Waals surface area contributed by atoms with Gasteiger partial charge in [-0.3, -0.25) is 0 Å². The van der Waals surface area contributed by atoms with Crippen LogP contribution in [0.3, 0.4) is 0 Å². The molecule has 74 valence electrons. The second-order valence-electron chi connectivity index (χ2n) is 3.92. The van der Waals surface area contributed by atoms with Crippen LogP contribution in [0.1, 0.15) is 27.2 Å². The summed E-state index contributed by atoms with van der Waals surface area (Å²) in [6, 6.07) is 0.160. The van der Waals surface area contributed by atoms with Gasteiger partial charge in [0.25, 0.3) is 0 Å². The number of hydrogen-bond donors (Lipinski definition) is 2. The fraction of sp³-hybridized carbons (Fsp3) is 1.00. The lowest BCUT2D eigenvalue weighted by Gasteiger charge is -2.21. The van der Waals surface area contributed by atoms with E-state index in [2.05, 4.69) is 5.32 Å². The molecule has 0 radical (unpaired) electrons. The summed E-state index contributed by atoms with van der Waals surface area (Å²) < 4.78 is 5.51. The average molecular weight is 175 g/mol. The van der Waals surface area contributed by atoms with E-state index in [0.29, 0.717) is 6.61 Å². The minimum absolute atomic E-state index is 0.0756. The van der Waals surface area contributed by atoms with Crippen LogP contribution in [0.25, 0.3) is 0 Å². The molecular weight excluding hydrogens is 154 g/mol. The molecule has 0 spiro atoms. The Bertz CT molecular complexity index is 106. The average Bonchev–Trinajstić information content (AvgIpc) is 1.96. The lowest BCUT2D eigenvalue weighted by atomic mass is 10.2. The molecule has 12 heavy (non-hydrogen) atoms. The fourth-order valence-electron chi connectivity index (χ4n) is 0.834. The van der Waals surface area contributed by atoms with Crippen LogP contribution in [-0.4, -0.2) is 37.0 Å². The van der Waals surface area contributed by atoms with Gasteiger partial charge in [-0.25, -0.2) is 0 Å². The predicted molar refractivity (Wildman–Crippen MR) is 50.3 cm³/mol. The Kier molecular flexibility index (Phi) is 5.46. The number of aliphatic hydroxyl groups excluding tert-OH is 1. The molecule has 0 aliphatic rings. The Labute approximate surface area is 75.1 Å². The number of nitrogens with one attached hydrogen (secondary N) is 1. The van der Waals surface area contributed by atoms with Gasteiger partial charge >= 0.3 is 0 Å². The lowest BCUT2D eigenvalue weighted by Crippen LogP contribution is -2.31. The first kappa shape index (κ1) is 11.9. The summed E-state index contributed by atoms with van der Waals surface area (Å²) in [6.07, 6.45) is 0.851. The highest BCUT2D eigenvalue weighted by atomic mass is 16.5. The molecule has 0 saturated carbocycles. The number of ether oxygens (including phenoxy) is 1. The summed E-state index contributed by atoms with van der Waals surface area (Å²) in [4.78, 5) is 0. The first-order valence-corrected chi connectivity index (χ1v) is 4.41. The van der Waals surface area contributed by atoms with Crippen molar-refractivity contribution in [2.24, 2.45) is 0 Å². The van der Waals surface area contributed by atoms with Crippen LogP contribution in [0, 0.1) is 0 Å². The molecule has 0 saturated heterocycles. The van der Waals surface area contributed by atoms with Crippen LogP contribution in [0.5, 0.6) is 0 Å². The first-order valence-electron chi connectivity index (χ1n) is 4.41. The third kappa shape index (κ3) is 6.58. The van der Waals surface area contributed by atoms with Crippen LogP contribution in [0.4, 0.5) is 0 Å². The summed E-state index contributed by atoms with van der Waals surface area (Å²) in [5.74, 6) is 0. The maximum Gasteiger partial charge on any atom is 0.0598 e. The van der Waals surface area contributed by atoms with Crippen LogP contribution in [0.15, 0.2) is 0 Å². The minimum atomic E-state index is -0.0756. The maximum atomic E-state index is 8.84. The van der Waals surface area contributed by atoms with Gasteiger partial charge in [0.05, 0.1) is 12.2 Å². The van der Waals surface area contributed by atoms with Gasteiger partial charge in [0.15, 0.2) is 0 Å². The Balaban J connectivity index is 3.41. The lowest BCUT2D eigenvalue weighted by molar-refractivity contribution is -0.00892. The topological polar surface area (TPSA) is 41.5 Å². The predicted octanol–water partition coefficient (Wildman–Crippen LogP) is 0.772. The summed E-state index contributed by atoms with van der Waals surface area (Å²) >= 11 is 0. The molecule has 2 N–H and O–H groups in total. The Hall–Kier alpha value is -0.120. The normalized spacial score (nSPS) is 14.8. The van der Waals surface area contributed by atoms with Crippen LogP contribution in [-0.2, 0) is 4.74 Å². The van der Waals surface area contributed by atoms with Crippen molar-refractivity contribution in [3.8, 4) is 0 Å². The summed E-state index contributed by atoms with van der Waals surface area (Å²) in [7, 11) is 1.85. The van der Waals surface area contributed by atoms with Crippen molar-refractivity contribution in [1.29, 1.82) is 0 Å². The van der Waals surface area contributed by atoms with E-state index in [1.54, 1.807) is 0 Å². The maximum absolute atomic E-state index is 8.84. The number of likely N-dealkylation sites (N-methyl/N-ethyl adjacent to an activating group) is 1. The van der Waals surface area contributed by atoms with Gasteiger partial charge < -0.3 is 15.2 Å². The summed E-state index contributed by atoms with van der Waals surface area (Å²) in [6.45, 7) is 6.94. The molecule has 0 aromatic carbocycles. The van der Waals surface area contributed by atoms with Gasteiger partial charge in [-0.05, 0) is 34.2 Å². The van der Waals surface area contributed by atoms with E-state index in [4.69, 9.17) is 9.84 Å². The van der Waals surface area contributed by atoms with E-state index in [0.717, 1.165) is 6.42 Å². The standard InChI is InChI=1S/C9H21NO2/c1-9(2,3)12-6-5-8(7-11)10-4/h8,10-11H,5-7H2,1-4H3. The van der Waals surface area contributed by atoms with E-state index in [9.17, 15) is 0 Å². The molecule has 1 unspecified atom stereocenters. The Morgan fingerprint density at radius 2 is 2.00 bits per heavy atom. The van der Waals surface area contributed by atoms with Gasteiger partial charge in [0.1, 0.15) is 0 Å². The van der Waals surface area contributed by atoms with Crippen LogP contribution >= 0.6 is 0 Å². The molecule has 0 amide bonds. The van der Waals surface area contributed by atoms with E-state index < -0.39 is 0 Å². The minimum Gasteiger partial charge on any atom is -0.395 e. The SMILES string of the molecule is CNC(CO)CCOC(C)(C)C. The monoisotopic (exact) mass is 175 g/mol. The molecule has 0 aromatic rings. The Morgan fingerprint density at radius 3 is 2.33 bits per heavy atom. The largest absolute Gasteiger partial charge is 0.395 e. The molecule has 1 atom stereocenters. The second-order valence-corrected chi connectivity index (χ2v) is 3.92. The van der Waals surface area contributed by atoms with E-state index in [-0.39, 0.29) is 18.2 Å². The number of aliphatic hydroxyl groups is 1. The van der Waals surface area contributed by atoms with E-state index >= 15 is 0 Å². The molecule has 0 aromatic heterocycles. The van der Waals surface area contributed by atoms with Crippen molar-refractivity contribution < 1.29 is 9.84 Å². The van der Waals surface area contributed by atoms with Crippen molar-refractivity contribution >= 4 is 0 Å². The zero-order valence-corrected chi connectivity index (χ0v) is 8.55. The van der Waals surface area contributed by atoms with Crippen LogP contribution in [0.2, 0.25) is 0 Å². The molecule has 0 bridgehead atoms. The van der Waals surface area contributed by atoms with Crippen molar-refractivity contribution in [3.63, 3.8) is 0 Å². The van der Waals surface area contributed by atoms with Gasteiger partial charge in [0.2, 0.25) is 0 Å². The zero-order chi connectivity index (χ0) is 9.61. The zero-order valence-electron chi connectivity index (χ0n) is 8.55. The fourth-order valence-corrected chi connectivity index (χ4v) is 0.834. The van der Waals surface area contributed by atoms with E-state index in [1.807, 2.05) is 27.8 Å². The molecule has 0 aliphatic heterocycles. The van der Waals surface area contributed by atoms with Crippen molar-refractivity contribution in [1.82, 2.24) is 5.32 Å². The molecule has 3 nitrogen and oxygen atoms in total. The van der Waals surface area contributed by atoms with Gasteiger partial charge in [0, 0.05) is 12.6 Å². The van der Waals surface area contributed by atoms with Crippen LogP contribution < -0.4 is 5.32 Å². The first-order chi connectivity index (χ1) is 5.49. The van der Waals surface area contributed by atoms with Gasteiger partial charge in [-0.1, -0.05) is 0 Å². The van der Waals surface area contributed by atoms with Gasteiger partial charge in [-0.2, -0.15) is 0 Å². The molecule has 0 aliphatic carbocycles. The Morgan fingerprint density at radius 1 is 1.42 bits per heavy atom. The molecule has 0 fully saturated rings. The third-order valence-corrected chi connectivity index (χ3v) is 1.63. The molecule has 0 heterocycles. The number of rotatable bonds is 5. The van der Waals surface area contributed by atoms with E-state index in [1.165, 1.54) is 0 Å². The smallest absolute Gasteiger partial charge is 0.0598 e. The quantitative estimate of drug-likeness (QED) is 0.648. The highest BCUT2D eigenvalue weighted by Crippen LogP contribution is 2.07. The summed E-state index contributed by atoms with van der Waals surface area (Å²) in [5, 5.41) is 11.8.